The molecule has 1 aliphatic heterocycles. The van der Waals surface area contributed by atoms with Crippen molar-refractivity contribution in [2.24, 2.45) is 0 Å². The maximum atomic E-state index is 11.9. The number of carbonyl (C=O) groups excluding carboxylic acids is 1. The average molecular weight is 353 g/mol. The van der Waals surface area contributed by atoms with E-state index in [4.69, 9.17) is 16.3 Å². The Balaban J connectivity index is 2.03. The highest BCUT2D eigenvalue weighted by Gasteiger charge is 2.23. The fourth-order valence-corrected chi connectivity index (χ4v) is 4.61. The molecule has 1 aromatic carbocycles. The zero-order valence-electron chi connectivity index (χ0n) is 13.7. The van der Waals surface area contributed by atoms with Gasteiger partial charge in [0.05, 0.1) is 13.2 Å². The number of hydrogen-bond donors (Lipinski definition) is 0. The van der Waals surface area contributed by atoms with E-state index in [0.29, 0.717) is 13.2 Å². The predicted octanol–water partition coefficient (Wildman–Crippen LogP) is 4.13. The van der Waals surface area contributed by atoms with Crippen LogP contribution < -0.4 is 0 Å². The topological polar surface area (TPSA) is 32.8 Å². The summed E-state index contributed by atoms with van der Waals surface area (Å²) in [7, 11) is 3.91. The fraction of sp³-hybridized carbons (Fsp3) is 0.471. The zero-order valence-corrected chi connectivity index (χ0v) is 15.3. The van der Waals surface area contributed by atoms with Crippen molar-refractivity contribution in [2.75, 3.05) is 27.2 Å². The van der Waals surface area contributed by atoms with Crippen LogP contribution >= 0.6 is 22.9 Å². The Hall–Kier alpha value is -1.30. The summed E-state index contributed by atoms with van der Waals surface area (Å²) in [6.07, 6.45) is 0.682. The zero-order chi connectivity index (χ0) is 16.6. The Labute approximate surface area is 145 Å². The Morgan fingerprint density at radius 1 is 1.43 bits per heavy atom. The summed E-state index contributed by atoms with van der Waals surface area (Å²) in [5.74, 6) is 0. The minimum Gasteiger partial charge on any atom is -0.450 e. The van der Waals surface area contributed by atoms with Crippen LogP contribution in [0.5, 0.6) is 0 Å². The second-order valence-corrected chi connectivity index (χ2v) is 7.49. The minimum absolute atomic E-state index is 0.280. The molecule has 1 aromatic heterocycles. The number of likely N-dealkylation sites (N-methyl/N-ethyl adjacent to an activating group) is 1. The van der Waals surface area contributed by atoms with Gasteiger partial charge in [-0.25, -0.2) is 4.79 Å². The lowest BCUT2D eigenvalue weighted by Crippen LogP contribution is -2.27. The summed E-state index contributed by atoms with van der Waals surface area (Å²) in [6, 6.07) is 4.08. The molecule has 0 atom stereocenters. The van der Waals surface area contributed by atoms with Crippen molar-refractivity contribution in [3.63, 3.8) is 0 Å². The Kier molecular flexibility index (Phi) is 4.80. The van der Waals surface area contributed by atoms with Gasteiger partial charge in [-0.05, 0) is 43.7 Å². The number of halogens is 1. The molecule has 124 valence electrons. The molecule has 0 N–H and O–H groups in total. The molecule has 4 nitrogen and oxygen atoms in total. The van der Waals surface area contributed by atoms with Gasteiger partial charge in [0, 0.05) is 40.1 Å². The van der Waals surface area contributed by atoms with Crippen molar-refractivity contribution in [1.82, 2.24) is 9.80 Å². The van der Waals surface area contributed by atoms with Crippen LogP contribution in [0, 0.1) is 0 Å². The van der Waals surface area contributed by atoms with Gasteiger partial charge in [0.15, 0.2) is 0 Å². The van der Waals surface area contributed by atoms with Gasteiger partial charge in [-0.1, -0.05) is 11.6 Å². The third-order valence-corrected chi connectivity index (χ3v) is 5.76. The van der Waals surface area contributed by atoms with Crippen molar-refractivity contribution in [1.29, 1.82) is 0 Å². The summed E-state index contributed by atoms with van der Waals surface area (Å²) in [5, 5.41) is 2.14. The number of nitrogens with zero attached hydrogens (tertiary/aromatic N) is 2. The van der Waals surface area contributed by atoms with Crippen LogP contribution in [-0.4, -0.2) is 43.1 Å². The van der Waals surface area contributed by atoms with Crippen LogP contribution in [0.3, 0.4) is 0 Å². The van der Waals surface area contributed by atoms with E-state index in [0.717, 1.165) is 24.5 Å². The summed E-state index contributed by atoms with van der Waals surface area (Å²) in [4.78, 5) is 17.1. The summed E-state index contributed by atoms with van der Waals surface area (Å²) in [6.45, 7) is 4.66. The molecule has 0 spiro atoms. The van der Waals surface area contributed by atoms with Gasteiger partial charge >= 0.3 is 6.09 Å². The molecule has 0 saturated heterocycles. The van der Waals surface area contributed by atoms with Crippen molar-refractivity contribution in [3.05, 3.63) is 33.2 Å². The van der Waals surface area contributed by atoms with Crippen LogP contribution in [0.15, 0.2) is 12.1 Å². The SMILES string of the molecule is CCOC(=O)N(C)Cc1sc2ccc(Cl)c3c2c1CN(C)CC3. The molecule has 23 heavy (non-hydrogen) atoms. The molecule has 0 saturated carbocycles. The van der Waals surface area contributed by atoms with Gasteiger partial charge in [0.2, 0.25) is 0 Å². The quantitative estimate of drug-likeness (QED) is 0.832. The van der Waals surface area contributed by atoms with Gasteiger partial charge < -0.3 is 14.5 Å². The van der Waals surface area contributed by atoms with Crippen LogP contribution in [0.2, 0.25) is 5.02 Å². The summed E-state index contributed by atoms with van der Waals surface area (Å²) >= 11 is 8.19. The van der Waals surface area contributed by atoms with E-state index in [-0.39, 0.29) is 6.09 Å². The van der Waals surface area contributed by atoms with Crippen LogP contribution in [0.1, 0.15) is 22.9 Å². The Morgan fingerprint density at radius 3 is 2.96 bits per heavy atom. The van der Waals surface area contributed by atoms with Crippen molar-refractivity contribution < 1.29 is 9.53 Å². The minimum atomic E-state index is -0.280. The number of amides is 1. The monoisotopic (exact) mass is 352 g/mol. The van der Waals surface area contributed by atoms with Gasteiger partial charge in [-0.15, -0.1) is 11.3 Å². The van der Waals surface area contributed by atoms with Crippen LogP contribution in [0.4, 0.5) is 4.79 Å². The van der Waals surface area contributed by atoms with E-state index in [1.807, 2.05) is 13.0 Å². The molecule has 1 amide bonds. The molecule has 0 aliphatic carbocycles. The maximum absolute atomic E-state index is 11.9. The van der Waals surface area contributed by atoms with Gasteiger partial charge in [0.1, 0.15) is 0 Å². The molecule has 6 heteroatoms. The maximum Gasteiger partial charge on any atom is 0.409 e. The molecule has 0 fully saturated rings. The standard InChI is InChI=1S/C17H21ClN2O2S/c1-4-22-17(21)20(3)10-15-12-9-19(2)8-7-11-13(18)5-6-14(23-15)16(11)12/h5-6H,4,7-10H2,1-3H3. The van der Waals surface area contributed by atoms with Crippen LogP contribution in [0.25, 0.3) is 10.1 Å². The van der Waals surface area contributed by atoms with E-state index in [2.05, 4.69) is 18.0 Å². The van der Waals surface area contributed by atoms with Gasteiger partial charge in [-0.3, -0.25) is 0 Å². The summed E-state index contributed by atoms with van der Waals surface area (Å²) < 4.78 is 6.34. The number of benzene rings is 1. The van der Waals surface area contributed by atoms with Crippen molar-refractivity contribution in [3.8, 4) is 0 Å². The first-order valence-corrected chi connectivity index (χ1v) is 8.98. The highest BCUT2D eigenvalue weighted by Crippen LogP contribution is 2.39. The van der Waals surface area contributed by atoms with E-state index < -0.39 is 0 Å². The van der Waals surface area contributed by atoms with E-state index in [1.54, 1.807) is 23.3 Å². The molecule has 0 radical (unpaired) electrons. The van der Waals surface area contributed by atoms with Crippen molar-refractivity contribution >= 4 is 39.1 Å². The third-order valence-electron chi connectivity index (χ3n) is 4.22. The van der Waals surface area contributed by atoms with E-state index in [9.17, 15) is 4.79 Å². The first-order valence-electron chi connectivity index (χ1n) is 7.79. The first-order chi connectivity index (χ1) is 11.0. The lowest BCUT2D eigenvalue weighted by Gasteiger charge is -2.18. The third kappa shape index (κ3) is 3.18. The largest absolute Gasteiger partial charge is 0.450 e. The Morgan fingerprint density at radius 2 is 2.22 bits per heavy atom. The number of thiophene rings is 1. The van der Waals surface area contributed by atoms with E-state index >= 15 is 0 Å². The lowest BCUT2D eigenvalue weighted by molar-refractivity contribution is 0.114. The van der Waals surface area contributed by atoms with Crippen LogP contribution in [-0.2, 0) is 24.2 Å². The molecular formula is C17H21ClN2O2S. The molecule has 3 rings (SSSR count). The smallest absolute Gasteiger partial charge is 0.409 e. The molecule has 2 heterocycles. The second-order valence-electron chi connectivity index (χ2n) is 5.95. The highest BCUT2D eigenvalue weighted by atomic mass is 35.5. The highest BCUT2D eigenvalue weighted by molar-refractivity contribution is 7.19. The predicted molar refractivity (Wildman–Crippen MR) is 95.4 cm³/mol. The molecule has 2 aromatic rings. The number of hydrogen-bond acceptors (Lipinski definition) is 4. The molecule has 1 aliphatic rings. The fourth-order valence-electron chi connectivity index (χ4n) is 3.06. The molecule has 0 bridgehead atoms. The van der Waals surface area contributed by atoms with Gasteiger partial charge in [0.25, 0.3) is 0 Å². The molecule has 0 unspecified atom stereocenters. The number of carbonyl (C=O) groups is 1. The Bertz CT molecular complexity index is 744. The first kappa shape index (κ1) is 16.6. The molecular weight excluding hydrogens is 332 g/mol. The normalized spacial score (nSPS) is 14.8. The lowest BCUT2D eigenvalue weighted by atomic mass is 10.0. The van der Waals surface area contributed by atoms with Crippen molar-refractivity contribution in [2.45, 2.75) is 26.4 Å². The summed E-state index contributed by atoms with van der Waals surface area (Å²) in [5.41, 5.74) is 2.54. The van der Waals surface area contributed by atoms with Gasteiger partial charge in [-0.2, -0.15) is 0 Å². The number of rotatable bonds is 3. The number of ether oxygens (including phenoxy) is 1. The average Bonchev–Trinajstić information content (AvgIpc) is 2.73. The second kappa shape index (κ2) is 6.67. The van der Waals surface area contributed by atoms with E-state index in [1.165, 1.54) is 26.1 Å².